The molecule has 2 aliphatic heterocycles. The lowest BCUT2D eigenvalue weighted by Crippen LogP contribution is -2.55. The van der Waals surface area contributed by atoms with Crippen molar-refractivity contribution in [2.45, 2.75) is 114 Å². The molecule has 8 rings (SSSR count). The van der Waals surface area contributed by atoms with Gasteiger partial charge in [0, 0.05) is 47.7 Å². The predicted octanol–water partition coefficient (Wildman–Crippen LogP) is 5.02. The molecule has 5 aromatic rings. The Morgan fingerprint density at radius 1 is 0.947 bits per heavy atom. The topological polar surface area (TPSA) is 271 Å². The molecular weight excluding hydrogens is 980 g/mol. The maximum Gasteiger partial charge on any atom is 0.407 e. The van der Waals surface area contributed by atoms with Gasteiger partial charge in [0.1, 0.15) is 37.7 Å². The monoisotopic (exact) mass is 1040 g/mol. The van der Waals surface area contributed by atoms with Gasteiger partial charge in [-0.3, -0.25) is 24.0 Å². The van der Waals surface area contributed by atoms with Crippen LogP contribution in [0.25, 0.3) is 22.3 Å². The Balaban J connectivity index is 0.933. The van der Waals surface area contributed by atoms with Crippen molar-refractivity contribution in [2.75, 3.05) is 18.5 Å². The number of aromatic nitrogens is 2. The Kier molecular flexibility index (Phi) is 17.0. The second-order valence-electron chi connectivity index (χ2n) is 19.0. The van der Waals surface area contributed by atoms with Crippen molar-refractivity contribution in [3.05, 3.63) is 153 Å². The number of amides is 4. The van der Waals surface area contributed by atoms with Gasteiger partial charge in [-0.2, -0.15) is 0 Å². The summed E-state index contributed by atoms with van der Waals surface area (Å²) in [6, 6.07) is 16.0. The Hall–Kier alpha value is -8.23. The first-order valence-corrected chi connectivity index (χ1v) is 25.3. The van der Waals surface area contributed by atoms with Crippen LogP contribution in [0.5, 0.6) is 0 Å². The van der Waals surface area contributed by atoms with Crippen LogP contribution in [0.3, 0.4) is 0 Å². The molecule has 4 amide bonds. The summed E-state index contributed by atoms with van der Waals surface area (Å²) in [6.07, 6.45) is 4.39. The number of anilines is 1. The number of pyridine rings is 2. The normalized spacial score (nSPS) is 17.1. The van der Waals surface area contributed by atoms with Gasteiger partial charge in [-0.05, 0) is 97.7 Å². The summed E-state index contributed by atoms with van der Waals surface area (Å²) in [4.78, 5) is 98.5. The first-order valence-electron chi connectivity index (χ1n) is 25.3. The molecule has 4 heterocycles. The third-order valence-corrected chi connectivity index (χ3v) is 13.9. The summed E-state index contributed by atoms with van der Waals surface area (Å²) in [5, 5.41) is 26.5. The van der Waals surface area contributed by atoms with Gasteiger partial charge in [0.25, 0.3) is 5.56 Å². The number of nitrogens with two attached hydrogens (primary N) is 1. The Bertz CT molecular complexity index is 3130. The molecule has 3 aliphatic rings. The number of nitrogens with zero attached hydrogens (tertiary/aromatic N) is 2. The number of ether oxygens (including phenoxy) is 3. The molecule has 398 valence electrons. The fourth-order valence-electron chi connectivity index (χ4n) is 9.90. The fourth-order valence-corrected chi connectivity index (χ4v) is 9.90. The number of esters is 2. The SMILES string of the molecule is C=CCOC(=O)CCC(N)C(=O)N[C@@H](Cc1ccccc1)C(=O)N[C@@H](CCCCNC=C)C(=O)Nc1ccc(COC(=O)N[C@H]2CCc3cc(F)cc4nc5c(c2c34)Cn2c-5cc3c(c2=O)COC(=O)[C@]3(O)CC)cc1. The number of alkyl carbamates (subject to hydrolysis) is 1. The number of unbranched alkanes of at least 4 members (excludes halogenated alkanes) is 1. The third-order valence-electron chi connectivity index (χ3n) is 13.9. The molecule has 0 saturated carbocycles. The van der Waals surface area contributed by atoms with Gasteiger partial charge < -0.3 is 56.2 Å². The summed E-state index contributed by atoms with van der Waals surface area (Å²) in [7, 11) is 0. The molecule has 20 heteroatoms. The summed E-state index contributed by atoms with van der Waals surface area (Å²) >= 11 is 0. The van der Waals surface area contributed by atoms with E-state index in [1.165, 1.54) is 22.8 Å². The van der Waals surface area contributed by atoms with Gasteiger partial charge in [0.15, 0.2) is 5.60 Å². The Morgan fingerprint density at radius 3 is 2.45 bits per heavy atom. The van der Waals surface area contributed by atoms with Crippen LogP contribution in [0, 0.1) is 5.82 Å². The van der Waals surface area contributed by atoms with Crippen LogP contribution in [0.1, 0.15) is 96.9 Å². The van der Waals surface area contributed by atoms with Crippen molar-refractivity contribution >= 4 is 52.3 Å². The van der Waals surface area contributed by atoms with Crippen LogP contribution in [-0.4, -0.2) is 81.7 Å². The van der Waals surface area contributed by atoms with Gasteiger partial charge in [0.05, 0.1) is 41.1 Å². The number of carbonyl (C=O) groups is 6. The summed E-state index contributed by atoms with van der Waals surface area (Å²) in [5.41, 5.74) is 8.71. The predicted molar refractivity (Wildman–Crippen MR) is 278 cm³/mol. The molecule has 0 saturated heterocycles. The number of rotatable bonds is 23. The number of cyclic esters (lactones) is 1. The van der Waals surface area contributed by atoms with E-state index >= 15 is 4.39 Å². The van der Waals surface area contributed by atoms with Crippen molar-refractivity contribution in [1.82, 2.24) is 30.8 Å². The van der Waals surface area contributed by atoms with E-state index in [2.05, 4.69) is 39.7 Å². The van der Waals surface area contributed by atoms with Gasteiger partial charge in [-0.1, -0.05) is 68.6 Å². The molecule has 19 nitrogen and oxygen atoms in total. The first-order chi connectivity index (χ1) is 36.6. The van der Waals surface area contributed by atoms with Crippen LogP contribution in [0.4, 0.5) is 14.9 Å². The number of aliphatic hydroxyl groups is 1. The molecule has 1 aliphatic carbocycles. The minimum Gasteiger partial charge on any atom is -0.461 e. The number of carbonyl (C=O) groups excluding carboxylic acids is 6. The highest BCUT2D eigenvalue weighted by Crippen LogP contribution is 2.45. The van der Waals surface area contributed by atoms with E-state index in [0.29, 0.717) is 82.5 Å². The van der Waals surface area contributed by atoms with Crippen LogP contribution in [-0.2, 0) is 76.4 Å². The summed E-state index contributed by atoms with van der Waals surface area (Å²) in [6.45, 7) is 9.02. The van der Waals surface area contributed by atoms with Gasteiger partial charge in [-0.15, -0.1) is 0 Å². The highest BCUT2D eigenvalue weighted by Gasteiger charge is 2.46. The van der Waals surface area contributed by atoms with E-state index in [1.807, 2.05) is 6.07 Å². The Labute approximate surface area is 437 Å². The maximum absolute atomic E-state index is 15.0. The highest BCUT2D eigenvalue weighted by molar-refractivity contribution is 5.99. The highest BCUT2D eigenvalue weighted by atomic mass is 19.1. The number of hydrogen-bond donors (Lipinski definition) is 7. The third kappa shape index (κ3) is 12.0. The van der Waals surface area contributed by atoms with E-state index in [4.69, 9.17) is 24.9 Å². The zero-order chi connectivity index (χ0) is 54.1. The summed E-state index contributed by atoms with van der Waals surface area (Å²) < 4.78 is 32.5. The molecule has 8 N–H and O–H groups in total. The van der Waals surface area contributed by atoms with Crippen molar-refractivity contribution in [3.8, 4) is 11.4 Å². The van der Waals surface area contributed by atoms with E-state index in [1.54, 1.807) is 67.7 Å². The molecule has 3 aromatic carbocycles. The molecule has 0 radical (unpaired) electrons. The van der Waals surface area contributed by atoms with Crippen LogP contribution in [0.2, 0.25) is 0 Å². The van der Waals surface area contributed by atoms with Crippen LogP contribution < -0.4 is 37.9 Å². The second-order valence-corrected chi connectivity index (χ2v) is 19.0. The number of halogens is 1. The smallest absolute Gasteiger partial charge is 0.407 e. The van der Waals surface area contributed by atoms with Gasteiger partial charge in [0.2, 0.25) is 17.7 Å². The quantitative estimate of drug-likeness (QED) is 0.0192. The van der Waals surface area contributed by atoms with E-state index in [0.717, 1.165) is 5.56 Å². The second kappa shape index (κ2) is 24.0. The lowest BCUT2D eigenvalue weighted by molar-refractivity contribution is -0.172. The van der Waals surface area contributed by atoms with Crippen molar-refractivity contribution < 1.29 is 52.5 Å². The average molecular weight is 1040 g/mol. The zero-order valence-corrected chi connectivity index (χ0v) is 42.1. The molecule has 2 aromatic heterocycles. The number of aryl methyl sites for hydroxylation is 1. The lowest BCUT2D eigenvalue weighted by atomic mass is 9.83. The van der Waals surface area contributed by atoms with Crippen molar-refractivity contribution in [1.29, 1.82) is 0 Å². The van der Waals surface area contributed by atoms with Crippen LogP contribution >= 0.6 is 0 Å². The molecular formula is C56H61FN8O11. The van der Waals surface area contributed by atoms with Crippen molar-refractivity contribution in [3.63, 3.8) is 0 Å². The molecule has 0 bridgehead atoms. The number of nitrogens with one attached hydrogen (secondary N) is 5. The maximum atomic E-state index is 15.0. The number of benzene rings is 3. The van der Waals surface area contributed by atoms with E-state index in [-0.39, 0.29) is 69.6 Å². The Morgan fingerprint density at radius 2 is 1.71 bits per heavy atom. The molecule has 0 fully saturated rings. The standard InChI is InChI=1S/C56H61FN8O11/c1-4-24-74-46(66)22-20-40(58)50(67)63-44(25-32-12-8-7-9-13-32)52(69)62-42(14-10-11-23-59-6-3)51(68)60-36-18-15-33(16-19-36)30-76-55(72)64-41-21-17-34-26-35(57)27-43-47(34)48(41)37-29-65-45(49(37)61-43)28-39-38(53(65)70)31-75-54(71)56(39,73)5-2/h4,6-9,12-13,15-16,18-19,26-28,40-42,44,59,73H,1,3,5,10-11,14,17,20-25,29-31,58H2,2H3,(H,60,68)(H,62,69)(H,63,67)(H,64,72)/t40?,41-,42-,44-,56-/m0/s1. The molecule has 5 atom stereocenters. The number of fused-ring (bicyclic) bond motifs is 5. The molecule has 0 spiro atoms. The van der Waals surface area contributed by atoms with Gasteiger partial charge >= 0.3 is 18.0 Å². The van der Waals surface area contributed by atoms with E-state index < -0.39 is 76.9 Å². The summed E-state index contributed by atoms with van der Waals surface area (Å²) in [5.74, 6) is -3.68. The minimum absolute atomic E-state index is 0.0212. The minimum atomic E-state index is -2.04. The fraction of sp³-hybridized carbons (Fsp3) is 0.357. The molecule has 1 unspecified atom stereocenters. The zero-order valence-electron chi connectivity index (χ0n) is 42.1. The number of hydrogen-bond acceptors (Lipinski definition) is 14. The van der Waals surface area contributed by atoms with Gasteiger partial charge in [-0.25, -0.2) is 19.0 Å². The van der Waals surface area contributed by atoms with Crippen molar-refractivity contribution in [2.24, 2.45) is 5.73 Å². The molecule has 76 heavy (non-hydrogen) atoms. The average Bonchev–Trinajstić information content (AvgIpc) is 3.79. The van der Waals surface area contributed by atoms with Crippen LogP contribution in [0.15, 0.2) is 103 Å². The largest absolute Gasteiger partial charge is 0.461 e. The van der Waals surface area contributed by atoms with E-state index in [9.17, 15) is 38.7 Å². The lowest BCUT2D eigenvalue weighted by Gasteiger charge is -2.31. The first kappa shape index (κ1) is 54.0.